The van der Waals surface area contributed by atoms with E-state index < -0.39 is 0 Å². The number of benzene rings is 2. The molecule has 0 spiro atoms. The molecule has 0 saturated carbocycles. The number of aryl methyl sites for hydroxylation is 2. The molecule has 1 heterocycles. The SMILES string of the molecule is Cc1cc(C)c2onc(CC(=O)Nc3cccc(Cl)c3Cl)c2c1. The van der Waals surface area contributed by atoms with Gasteiger partial charge in [0.25, 0.3) is 0 Å². The number of anilines is 1. The van der Waals surface area contributed by atoms with Crippen molar-refractivity contribution in [3.8, 4) is 0 Å². The lowest BCUT2D eigenvalue weighted by atomic mass is 10.1. The molecule has 6 heteroatoms. The monoisotopic (exact) mass is 348 g/mol. The van der Waals surface area contributed by atoms with Crippen molar-refractivity contribution < 1.29 is 9.32 Å². The van der Waals surface area contributed by atoms with E-state index in [-0.39, 0.29) is 12.3 Å². The van der Waals surface area contributed by atoms with Crippen molar-refractivity contribution in [2.75, 3.05) is 5.32 Å². The van der Waals surface area contributed by atoms with E-state index in [9.17, 15) is 4.79 Å². The molecular weight excluding hydrogens is 335 g/mol. The van der Waals surface area contributed by atoms with Crippen LogP contribution in [0, 0.1) is 13.8 Å². The first kappa shape index (κ1) is 15.8. The van der Waals surface area contributed by atoms with Crippen molar-refractivity contribution >= 4 is 45.8 Å². The normalized spacial score (nSPS) is 11.0. The zero-order valence-corrected chi connectivity index (χ0v) is 14.1. The maximum atomic E-state index is 12.3. The summed E-state index contributed by atoms with van der Waals surface area (Å²) in [4.78, 5) is 12.3. The average Bonchev–Trinajstić information content (AvgIpc) is 2.87. The topological polar surface area (TPSA) is 55.1 Å². The lowest BCUT2D eigenvalue weighted by Crippen LogP contribution is -2.15. The summed E-state index contributed by atoms with van der Waals surface area (Å²) in [5.41, 5.74) is 3.88. The first-order valence-electron chi connectivity index (χ1n) is 7.05. The van der Waals surface area contributed by atoms with Crippen molar-refractivity contribution in [1.29, 1.82) is 0 Å². The summed E-state index contributed by atoms with van der Waals surface area (Å²) in [6.45, 7) is 3.95. The van der Waals surface area contributed by atoms with Crippen LogP contribution in [0.5, 0.6) is 0 Å². The molecule has 0 aliphatic carbocycles. The number of hydrogen-bond donors (Lipinski definition) is 1. The number of aromatic nitrogens is 1. The number of amides is 1. The van der Waals surface area contributed by atoms with Gasteiger partial charge in [-0.2, -0.15) is 0 Å². The molecule has 1 N–H and O–H groups in total. The second-order valence-electron chi connectivity index (χ2n) is 5.41. The van der Waals surface area contributed by atoms with Gasteiger partial charge in [-0.1, -0.05) is 40.5 Å². The van der Waals surface area contributed by atoms with Crippen molar-refractivity contribution in [1.82, 2.24) is 5.16 Å². The molecule has 3 rings (SSSR count). The minimum atomic E-state index is -0.233. The van der Waals surface area contributed by atoms with Gasteiger partial charge in [-0.3, -0.25) is 4.79 Å². The number of hydrogen-bond acceptors (Lipinski definition) is 3. The van der Waals surface area contributed by atoms with E-state index in [0.29, 0.717) is 27.0 Å². The van der Waals surface area contributed by atoms with Crippen LogP contribution in [0.3, 0.4) is 0 Å². The van der Waals surface area contributed by atoms with Crippen LogP contribution < -0.4 is 5.32 Å². The number of rotatable bonds is 3. The Morgan fingerprint density at radius 3 is 2.83 bits per heavy atom. The highest BCUT2D eigenvalue weighted by molar-refractivity contribution is 6.44. The summed E-state index contributed by atoms with van der Waals surface area (Å²) in [5.74, 6) is -0.233. The van der Waals surface area contributed by atoms with Gasteiger partial charge >= 0.3 is 0 Å². The van der Waals surface area contributed by atoms with Crippen LogP contribution in [0.15, 0.2) is 34.9 Å². The molecule has 0 fully saturated rings. The lowest BCUT2D eigenvalue weighted by molar-refractivity contribution is -0.115. The van der Waals surface area contributed by atoms with Crippen LogP contribution in [0.4, 0.5) is 5.69 Å². The van der Waals surface area contributed by atoms with Crippen LogP contribution in [-0.4, -0.2) is 11.1 Å². The van der Waals surface area contributed by atoms with Crippen molar-refractivity contribution in [3.05, 3.63) is 57.2 Å². The molecule has 23 heavy (non-hydrogen) atoms. The Balaban J connectivity index is 1.85. The number of carbonyl (C=O) groups is 1. The molecule has 0 aliphatic rings. The third kappa shape index (κ3) is 3.19. The molecule has 4 nitrogen and oxygen atoms in total. The zero-order chi connectivity index (χ0) is 16.6. The Bertz CT molecular complexity index is 903. The number of fused-ring (bicyclic) bond motifs is 1. The maximum absolute atomic E-state index is 12.3. The smallest absolute Gasteiger partial charge is 0.230 e. The Labute approximate surface area is 143 Å². The fraction of sp³-hybridized carbons (Fsp3) is 0.176. The van der Waals surface area contributed by atoms with Gasteiger partial charge in [0.1, 0.15) is 5.69 Å². The summed E-state index contributed by atoms with van der Waals surface area (Å²) in [6.07, 6.45) is 0.0960. The molecule has 0 atom stereocenters. The summed E-state index contributed by atoms with van der Waals surface area (Å²) >= 11 is 12.0. The first-order chi connectivity index (χ1) is 11.0. The third-order valence-corrected chi connectivity index (χ3v) is 4.35. The standard InChI is InChI=1S/C17H14Cl2N2O2/c1-9-6-10(2)17-11(7-9)14(21-23-17)8-15(22)20-13-5-3-4-12(18)16(13)19/h3-7H,8H2,1-2H3,(H,20,22). The molecule has 118 valence electrons. The molecular formula is C17H14Cl2N2O2. The van der Waals surface area contributed by atoms with Crippen LogP contribution in [0.25, 0.3) is 11.0 Å². The minimum Gasteiger partial charge on any atom is -0.356 e. The van der Waals surface area contributed by atoms with Gasteiger partial charge in [0.05, 0.1) is 22.2 Å². The molecule has 0 saturated heterocycles. The number of halogens is 2. The van der Waals surface area contributed by atoms with Crippen molar-refractivity contribution in [2.24, 2.45) is 0 Å². The Kier molecular flexibility index (Phi) is 4.28. The van der Waals surface area contributed by atoms with Gasteiger partial charge in [0.2, 0.25) is 5.91 Å². The molecule has 0 bridgehead atoms. The van der Waals surface area contributed by atoms with E-state index in [2.05, 4.69) is 10.5 Å². The summed E-state index contributed by atoms with van der Waals surface area (Å²) < 4.78 is 5.35. The van der Waals surface area contributed by atoms with Crippen LogP contribution in [0.2, 0.25) is 10.0 Å². The van der Waals surface area contributed by atoms with E-state index in [0.717, 1.165) is 16.5 Å². The van der Waals surface area contributed by atoms with E-state index in [4.69, 9.17) is 27.7 Å². The molecule has 0 radical (unpaired) electrons. The Morgan fingerprint density at radius 1 is 1.26 bits per heavy atom. The summed E-state index contributed by atoms with van der Waals surface area (Å²) in [5, 5.41) is 8.34. The van der Waals surface area contributed by atoms with Gasteiger partial charge in [-0.15, -0.1) is 0 Å². The highest BCUT2D eigenvalue weighted by atomic mass is 35.5. The van der Waals surface area contributed by atoms with Gasteiger partial charge in [-0.25, -0.2) is 0 Å². The molecule has 3 aromatic rings. The van der Waals surface area contributed by atoms with Gasteiger partial charge in [-0.05, 0) is 43.2 Å². The number of nitrogens with one attached hydrogen (secondary N) is 1. The molecule has 1 amide bonds. The van der Waals surface area contributed by atoms with Gasteiger partial charge in [0.15, 0.2) is 5.58 Å². The lowest BCUT2D eigenvalue weighted by Gasteiger charge is -2.07. The highest BCUT2D eigenvalue weighted by Crippen LogP contribution is 2.30. The van der Waals surface area contributed by atoms with Crippen LogP contribution in [-0.2, 0) is 11.2 Å². The quantitative estimate of drug-likeness (QED) is 0.729. The number of carbonyl (C=O) groups excluding carboxylic acids is 1. The fourth-order valence-electron chi connectivity index (χ4n) is 2.51. The zero-order valence-electron chi connectivity index (χ0n) is 12.6. The number of nitrogens with zero attached hydrogens (tertiary/aromatic N) is 1. The second-order valence-corrected chi connectivity index (χ2v) is 6.20. The second kappa shape index (κ2) is 6.22. The average molecular weight is 349 g/mol. The van der Waals surface area contributed by atoms with E-state index in [1.165, 1.54) is 0 Å². The summed E-state index contributed by atoms with van der Waals surface area (Å²) in [6, 6.07) is 9.07. The molecule has 1 aromatic heterocycles. The van der Waals surface area contributed by atoms with Crippen molar-refractivity contribution in [3.63, 3.8) is 0 Å². The van der Waals surface area contributed by atoms with Gasteiger partial charge < -0.3 is 9.84 Å². The predicted molar refractivity (Wildman–Crippen MR) is 92.3 cm³/mol. The fourth-order valence-corrected chi connectivity index (χ4v) is 2.86. The maximum Gasteiger partial charge on any atom is 0.230 e. The third-order valence-electron chi connectivity index (χ3n) is 3.53. The van der Waals surface area contributed by atoms with Crippen LogP contribution in [0.1, 0.15) is 16.8 Å². The summed E-state index contributed by atoms with van der Waals surface area (Å²) in [7, 11) is 0. The van der Waals surface area contributed by atoms with E-state index >= 15 is 0 Å². The van der Waals surface area contributed by atoms with Crippen molar-refractivity contribution in [2.45, 2.75) is 20.3 Å². The Hall–Kier alpha value is -2.04. The van der Waals surface area contributed by atoms with Crippen LogP contribution >= 0.6 is 23.2 Å². The first-order valence-corrected chi connectivity index (χ1v) is 7.80. The molecule has 2 aromatic carbocycles. The predicted octanol–water partition coefficient (Wildman–Crippen LogP) is 4.93. The molecule has 0 unspecified atom stereocenters. The largest absolute Gasteiger partial charge is 0.356 e. The highest BCUT2D eigenvalue weighted by Gasteiger charge is 2.15. The minimum absolute atomic E-state index is 0.0960. The van der Waals surface area contributed by atoms with E-state index in [1.54, 1.807) is 18.2 Å². The van der Waals surface area contributed by atoms with Gasteiger partial charge in [0, 0.05) is 5.39 Å². The Morgan fingerprint density at radius 2 is 2.04 bits per heavy atom. The molecule has 0 aliphatic heterocycles. The van der Waals surface area contributed by atoms with E-state index in [1.807, 2.05) is 26.0 Å².